The molecule has 0 aromatic heterocycles. The highest BCUT2D eigenvalue weighted by Gasteiger charge is 2.79. The number of nitrogens with one attached hydrogen (secondary N) is 2. The fourth-order valence-corrected chi connectivity index (χ4v) is 6.55. The second kappa shape index (κ2) is 9.29. The van der Waals surface area contributed by atoms with E-state index in [0.29, 0.717) is 25.7 Å². The van der Waals surface area contributed by atoms with Crippen molar-refractivity contribution in [2.45, 2.75) is 102 Å². The normalized spacial score (nSPS) is 35.2. The van der Waals surface area contributed by atoms with Crippen molar-refractivity contribution in [3.05, 3.63) is 0 Å². The zero-order valence-electron chi connectivity index (χ0n) is 20.4. The molecule has 3 unspecified atom stereocenters. The van der Waals surface area contributed by atoms with Crippen LogP contribution < -0.4 is 10.6 Å². The quantitative estimate of drug-likeness (QED) is 0.468. The van der Waals surface area contributed by atoms with E-state index in [9.17, 15) is 19.5 Å². The average Bonchev–Trinajstić information content (AvgIpc) is 3.35. The monoisotopic (exact) mass is 451 g/mol. The van der Waals surface area contributed by atoms with E-state index in [-0.39, 0.29) is 36.3 Å². The molecule has 3 saturated heterocycles. The smallest absolute Gasteiger partial charge is 0.246 e. The van der Waals surface area contributed by atoms with Crippen LogP contribution in [0, 0.1) is 17.8 Å². The number of hydrogen-bond donors (Lipinski definition) is 3. The van der Waals surface area contributed by atoms with E-state index in [2.05, 4.69) is 17.6 Å². The molecule has 3 amide bonds. The Labute approximate surface area is 191 Å². The van der Waals surface area contributed by atoms with Crippen molar-refractivity contribution in [3.63, 3.8) is 0 Å². The predicted octanol–water partition coefficient (Wildman–Crippen LogP) is 1.60. The van der Waals surface area contributed by atoms with E-state index >= 15 is 0 Å². The van der Waals surface area contributed by atoms with Gasteiger partial charge in [-0.1, -0.05) is 34.1 Å². The molecule has 3 rings (SSSR count). The third kappa shape index (κ3) is 3.73. The Hall–Kier alpha value is -1.67. The molecule has 0 saturated carbocycles. The van der Waals surface area contributed by atoms with Crippen LogP contribution in [0.1, 0.15) is 73.1 Å². The zero-order chi connectivity index (χ0) is 23.8. The molecule has 3 fully saturated rings. The van der Waals surface area contributed by atoms with Gasteiger partial charge in [0, 0.05) is 13.1 Å². The van der Waals surface area contributed by atoms with E-state index in [1.165, 1.54) is 0 Å². The first-order chi connectivity index (χ1) is 15.1. The molecule has 1 spiro atoms. The molecule has 3 aliphatic heterocycles. The van der Waals surface area contributed by atoms with Gasteiger partial charge in [-0.05, 0) is 44.9 Å². The van der Waals surface area contributed by atoms with Crippen molar-refractivity contribution >= 4 is 17.7 Å². The van der Waals surface area contributed by atoms with Crippen molar-refractivity contribution < 1.29 is 24.2 Å². The van der Waals surface area contributed by atoms with E-state index in [1.54, 1.807) is 11.9 Å². The molecule has 0 radical (unpaired) electrons. The Bertz CT molecular complexity index is 743. The van der Waals surface area contributed by atoms with E-state index in [4.69, 9.17) is 4.74 Å². The number of carbonyl (C=O) groups is 3. The fraction of sp³-hybridized carbons (Fsp3) is 0.875. The molecule has 2 bridgehead atoms. The van der Waals surface area contributed by atoms with Gasteiger partial charge in [0.15, 0.2) is 0 Å². The summed E-state index contributed by atoms with van der Waals surface area (Å²) in [7, 11) is 1.58. The highest BCUT2D eigenvalue weighted by Crippen LogP contribution is 2.64. The molecule has 0 aliphatic carbocycles. The van der Waals surface area contributed by atoms with Gasteiger partial charge in [-0.3, -0.25) is 14.4 Å². The number of carbonyl (C=O) groups excluding carboxylic acids is 3. The standard InChI is InChI=1S/C24H41N3O5/c1-7-9-15(5)26-21(30)19-24-11-10-23(8-2,32-24)17(20(29)25-6)18(24)22(31)27(19)16(13-28)12-14(3)4/h14-19,28H,7-13H2,1-6H3,(H,25,29)(H,26,30)/t15?,16-,17+,18+,19?,23-,24?/m1/s1. The lowest BCUT2D eigenvalue weighted by molar-refractivity contribution is -0.151. The minimum absolute atomic E-state index is 0.0361. The number of nitrogens with zero attached hydrogens (tertiary/aromatic N) is 1. The minimum atomic E-state index is -1.04. The number of aliphatic hydroxyl groups excluding tert-OH is 1. The summed E-state index contributed by atoms with van der Waals surface area (Å²) in [5.41, 5.74) is -1.77. The molecule has 182 valence electrons. The number of aliphatic hydroxyl groups is 1. The number of rotatable bonds is 10. The number of hydrogen-bond acceptors (Lipinski definition) is 5. The largest absolute Gasteiger partial charge is 0.394 e. The van der Waals surface area contributed by atoms with Gasteiger partial charge in [0.1, 0.15) is 11.6 Å². The van der Waals surface area contributed by atoms with Crippen molar-refractivity contribution in [1.82, 2.24) is 15.5 Å². The Kier molecular flexibility index (Phi) is 7.25. The Balaban J connectivity index is 2.08. The molecule has 32 heavy (non-hydrogen) atoms. The van der Waals surface area contributed by atoms with Gasteiger partial charge in [0.25, 0.3) is 0 Å². The highest BCUT2D eigenvalue weighted by molar-refractivity contribution is 5.99. The SMILES string of the molecule is CCCC(C)NC(=O)C1N([C@@H](CO)CC(C)C)C(=O)[C@@H]2[C@@H](C(=O)NC)[C@@]3(CC)CCC12O3. The summed E-state index contributed by atoms with van der Waals surface area (Å²) < 4.78 is 6.67. The molecular weight excluding hydrogens is 410 g/mol. The molecule has 0 aromatic carbocycles. The molecule has 3 aliphatic rings. The van der Waals surface area contributed by atoms with Gasteiger partial charge in [0.2, 0.25) is 17.7 Å². The van der Waals surface area contributed by atoms with Crippen LogP contribution in [0.2, 0.25) is 0 Å². The fourth-order valence-electron chi connectivity index (χ4n) is 6.55. The molecule has 8 heteroatoms. The lowest BCUT2D eigenvalue weighted by Crippen LogP contribution is -2.59. The summed E-state index contributed by atoms with van der Waals surface area (Å²) in [6.07, 6.45) is 4.14. The molecule has 8 nitrogen and oxygen atoms in total. The van der Waals surface area contributed by atoms with Crippen molar-refractivity contribution in [1.29, 1.82) is 0 Å². The van der Waals surface area contributed by atoms with Gasteiger partial charge >= 0.3 is 0 Å². The Morgan fingerprint density at radius 3 is 2.44 bits per heavy atom. The molecule has 7 atom stereocenters. The minimum Gasteiger partial charge on any atom is -0.394 e. The van der Waals surface area contributed by atoms with Crippen LogP contribution in [-0.2, 0) is 19.1 Å². The van der Waals surface area contributed by atoms with Crippen LogP contribution in [0.15, 0.2) is 0 Å². The molecule has 0 aromatic rings. The van der Waals surface area contributed by atoms with Crippen LogP contribution in [0.4, 0.5) is 0 Å². The van der Waals surface area contributed by atoms with E-state index in [0.717, 1.165) is 12.8 Å². The van der Waals surface area contributed by atoms with Crippen molar-refractivity contribution in [2.24, 2.45) is 17.8 Å². The first-order valence-electron chi connectivity index (χ1n) is 12.3. The van der Waals surface area contributed by atoms with Crippen molar-refractivity contribution in [2.75, 3.05) is 13.7 Å². The van der Waals surface area contributed by atoms with Crippen LogP contribution in [0.5, 0.6) is 0 Å². The van der Waals surface area contributed by atoms with Crippen LogP contribution >= 0.6 is 0 Å². The van der Waals surface area contributed by atoms with Gasteiger partial charge in [-0.25, -0.2) is 0 Å². The van der Waals surface area contributed by atoms with Crippen LogP contribution in [0.3, 0.4) is 0 Å². The first kappa shape index (κ1) is 25.0. The maximum Gasteiger partial charge on any atom is 0.246 e. The number of fused-ring (bicyclic) bond motifs is 1. The summed E-state index contributed by atoms with van der Waals surface area (Å²) in [6, 6.07) is -1.38. The number of ether oxygens (including phenoxy) is 1. The lowest BCUT2D eigenvalue weighted by Gasteiger charge is -2.38. The summed E-state index contributed by atoms with van der Waals surface area (Å²) >= 11 is 0. The number of amides is 3. The Morgan fingerprint density at radius 1 is 1.22 bits per heavy atom. The summed E-state index contributed by atoms with van der Waals surface area (Å²) in [5.74, 6) is -1.81. The molecule has 3 N–H and O–H groups in total. The summed E-state index contributed by atoms with van der Waals surface area (Å²) in [4.78, 5) is 42.2. The van der Waals surface area contributed by atoms with Gasteiger partial charge in [-0.2, -0.15) is 0 Å². The average molecular weight is 452 g/mol. The van der Waals surface area contributed by atoms with Gasteiger partial charge in [0.05, 0.1) is 30.1 Å². The predicted molar refractivity (Wildman–Crippen MR) is 121 cm³/mol. The van der Waals surface area contributed by atoms with Gasteiger partial charge in [-0.15, -0.1) is 0 Å². The second-order valence-electron chi connectivity index (χ2n) is 10.4. The summed E-state index contributed by atoms with van der Waals surface area (Å²) in [6.45, 7) is 9.83. The molecular formula is C24H41N3O5. The number of likely N-dealkylation sites (tertiary alicyclic amines) is 1. The maximum atomic E-state index is 13.9. The van der Waals surface area contributed by atoms with Crippen LogP contribution in [-0.4, -0.2) is 70.7 Å². The van der Waals surface area contributed by atoms with Gasteiger partial charge < -0.3 is 25.4 Å². The highest BCUT2D eigenvalue weighted by atomic mass is 16.5. The van der Waals surface area contributed by atoms with Crippen LogP contribution in [0.25, 0.3) is 0 Å². The van der Waals surface area contributed by atoms with E-state index in [1.807, 2.05) is 27.7 Å². The van der Waals surface area contributed by atoms with Crippen molar-refractivity contribution in [3.8, 4) is 0 Å². The first-order valence-corrected chi connectivity index (χ1v) is 12.3. The zero-order valence-corrected chi connectivity index (χ0v) is 20.4. The lowest BCUT2D eigenvalue weighted by atomic mass is 9.65. The Morgan fingerprint density at radius 2 is 1.91 bits per heavy atom. The summed E-state index contributed by atoms with van der Waals surface area (Å²) in [5, 5.41) is 16.0. The van der Waals surface area contributed by atoms with E-state index < -0.39 is 35.1 Å². The molecule has 3 heterocycles. The maximum absolute atomic E-state index is 13.9. The third-order valence-electron chi connectivity index (χ3n) is 7.85. The second-order valence-corrected chi connectivity index (χ2v) is 10.4. The third-order valence-corrected chi connectivity index (χ3v) is 7.85. The topological polar surface area (TPSA) is 108 Å².